The van der Waals surface area contributed by atoms with Crippen LogP contribution in [-0.4, -0.2) is 21.1 Å². The van der Waals surface area contributed by atoms with Crippen molar-refractivity contribution in [2.75, 3.05) is 5.32 Å². The Kier molecular flexibility index (Phi) is 6.62. The van der Waals surface area contributed by atoms with E-state index in [1.54, 1.807) is 30.3 Å². The zero-order valence-electron chi connectivity index (χ0n) is 15.4. The molecule has 10 heteroatoms. The normalized spacial score (nSPS) is 12.5. The molecule has 3 aromatic rings. The quantitative estimate of drug-likeness (QED) is 0.288. The Balaban J connectivity index is 1.83. The molecule has 0 radical (unpaired) electrons. The summed E-state index contributed by atoms with van der Waals surface area (Å²) < 4.78 is 53.1. The average molecular weight is 456 g/mol. The number of benzene rings is 2. The lowest BCUT2D eigenvalue weighted by Gasteiger charge is -2.14. The number of amides is 1. The Hall–Kier alpha value is -2.65. The second-order valence-electron chi connectivity index (χ2n) is 6.16. The van der Waals surface area contributed by atoms with E-state index in [0.717, 1.165) is 23.9 Å². The van der Waals surface area contributed by atoms with Crippen molar-refractivity contribution in [3.63, 3.8) is 0 Å². The van der Waals surface area contributed by atoms with E-state index < -0.39 is 28.8 Å². The average Bonchev–Trinajstić information content (AvgIpc) is 2.70. The summed E-state index contributed by atoms with van der Waals surface area (Å²) in [4.78, 5) is 20.1. The van der Waals surface area contributed by atoms with Gasteiger partial charge in [0.2, 0.25) is 5.91 Å². The summed E-state index contributed by atoms with van der Waals surface area (Å²) >= 11 is 6.46. The van der Waals surface area contributed by atoms with Crippen LogP contribution in [0.4, 0.5) is 23.2 Å². The van der Waals surface area contributed by atoms with Gasteiger partial charge in [-0.25, -0.2) is 14.4 Å². The minimum absolute atomic E-state index is 0.0957. The van der Waals surface area contributed by atoms with Gasteiger partial charge in [-0.3, -0.25) is 4.79 Å². The lowest BCUT2D eigenvalue weighted by atomic mass is 10.1. The van der Waals surface area contributed by atoms with Crippen molar-refractivity contribution in [1.29, 1.82) is 0 Å². The van der Waals surface area contributed by atoms with E-state index in [2.05, 4.69) is 15.3 Å². The van der Waals surface area contributed by atoms with Gasteiger partial charge in [0.1, 0.15) is 11.5 Å². The van der Waals surface area contributed by atoms with Crippen LogP contribution in [0, 0.1) is 5.82 Å². The van der Waals surface area contributed by atoms with Crippen LogP contribution in [-0.2, 0) is 11.0 Å². The number of nitrogens with one attached hydrogen (secondary N) is 1. The third kappa shape index (κ3) is 5.48. The molecule has 2 aromatic carbocycles. The van der Waals surface area contributed by atoms with Crippen LogP contribution >= 0.6 is 23.4 Å². The maximum absolute atomic E-state index is 13.3. The maximum atomic E-state index is 13.3. The van der Waals surface area contributed by atoms with E-state index in [4.69, 9.17) is 11.6 Å². The third-order valence-corrected chi connectivity index (χ3v) is 5.15. The largest absolute Gasteiger partial charge is 0.433 e. The summed E-state index contributed by atoms with van der Waals surface area (Å²) in [6.45, 7) is 1.50. The molecule has 1 aromatic heterocycles. The van der Waals surface area contributed by atoms with Crippen LogP contribution in [0.15, 0.2) is 59.8 Å². The van der Waals surface area contributed by atoms with E-state index in [-0.39, 0.29) is 21.6 Å². The first-order valence-corrected chi connectivity index (χ1v) is 9.83. The second-order valence-corrected chi connectivity index (χ2v) is 7.88. The van der Waals surface area contributed by atoms with Crippen LogP contribution in [0.1, 0.15) is 12.6 Å². The highest BCUT2D eigenvalue weighted by molar-refractivity contribution is 8.00. The highest BCUT2D eigenvalue weighted by Gasteiger charge is 2.34. The fraction of sp³-hybridized carbons (Fsp3) is 0.150. The maximum Gasteiger partial charge on any atom is 0.433 e. The van der Waals surface area contributed by atoms with Crippen molar-refractivity contribution >= 4 is 35.0 Å². The number of alkyl halides is 3. The summed E-state index contributed by atoms with van der Waals surface area (Å²) in [6.07, 6.45) is -4.67. The molecule has 1 unspecified atom stereocenters. The molecule has 30 heavy (non-hydrogen) atoms. The molecule has 0 fully saturated rings. The first-order chi connectivity index (χ1) is 14.1. The Labute approximate surface area is 178 Å². The van der Waals surface area contributed by atoms with Crippen LogP contribution in [0.3, 0.4) is 0 Å². The predicted molar refractivity (Wildman–Crippen MR) is 108 cm³/mol. The fourth-order valence-electron chi connectivity index (χ4n) is 2.41. The van der Waals surface area contributed by atoms with Gasteiger partial charge >= 0.3 is 6.18 Å². The van der Waals surface area contributed by atoms with Crippen molar-refractivity contribution in [3.05, 3.63) is 71.1 Å². The Morgan fingerprint density at radius 3 is 2.43 bits per heavy atom. The second kappa shape index (κ2) is 9.01. The van der Waals surface area contributed by atoms with Crippen LogP contribution in [0.5, 0.6) is 0 Å². The van der Waals surface area contributed by atoms with Crippen molar-refractivity contribution in [2.24, 2.45) is 0 Å². The van der Waals surface area contributed by atoms with Gasteiger partial charge in [-0.2, -0.15) is 13.2 Å². The molecule has 0 aliphatic heterocycles. The molecule has 0 saturated carbocycles. The SMILES string of the molecule is CC(Sc1nc(-c2ccccc2)cc(C(F)(F)F)n1)C(=O)Nc1ccc(F)c(Cl)c1. The first-order valence-electron chi connectivity index (χ1n) is 8.58. The minimum atomic E-state index is -4.67. The molecule has 0 aliphatic rings. The van der Waals surface area contributed by atoms with Crippen molar-refractivity contribution in [1.82, 2.24) is 9.97 Å². The molecular formula is C20H14ClF4N3OS. The Morgan fingerprint density at radius 2 is 1.80 bits per heavy atom. The fourth-order valence-corrected chi connectivity index (χ4v) is 3.37. The predicted octanol–water partition coefficient (Wildman–Crippen LogP) is 6.07. The molecule has 0 bridgehead atoms. The zero-order valence-corrected chi connectivity index (χ0v) is 16.9. The molecular weight excluding hydrogens is 442 g/mol. The molecule has 0 saturated heterocycles. The standard InChI is InChI=1S/C20H14ClF4N3OS/c1-11(18(29)26-13-7-8-15(22)14(21)9-13)30-19-27-16(12-5-3-2-4-6-12)10-17(28-19)20(23,24)25/h2-11H,1H3,(H,26,29). The molecule has 1 atom stereocenters. The Bertz CT molecular complexity index is 1060. The number of nitrogens with zero attached hydrogens (tertiary/aromatic N) is 2. The van der Waals surface area contributed by atoms with E-state index >= 15 is 0 Å². The van der Waals surface area contributed by atoms with Gasteiger partial charge in [-0.15, -0.1) is 0 Å². The number of carbonyl (C=O) groups is 1. The molecule has 3 rings (SSSR count). The van der Waals surface area contributed by atoms with Gasteiger partial charge < -0.3 is 5.32 Å². The summed E-state index contributed by atoms with van der Waals surface area (Å²) in [5.41, 5.74) is -0.255. The lowest BCUT2D eigenvalue weighted by molar-refractivity contribution is -0.141. The molecule has 1 heterocycles. The third-order valence-electron chi connectivity index (χ3n) is 3.90. The van der Waals surface area contributed by atoms with E-state index in [1.807, 2.05) is 0 Å². The molecule has 0 spiro atoms. The van der Waals surface area contributed by atoms with Gasteiger partial charge in [0, 0.05) is 11.3 Å². The molecule has 0 aliphatic carbocycles. The minimum Gasteiger partial charge on any atom is -0.325 e. The van der Waals surface area contributed by atoms with Crippen LogP contribution < -0.4 is 5.32 Å². The number of carbonyl (C=O) groups excluding carboxylic acids is 1. The number of anilines is 1. The Morgan fingerprint density at radius 1 is 1.10 bits per heavy atom. The van der Waals surface area contributed by atoms with Crippen molar-refractivity contribution in [3.8, 4) is 11.3 Å². The lowest BCUT2D eigenvalue weighted by Crippen LogP contribution is -2.23. The highest BCUT2D eigenvalue weighted by Crippen LogP contribution is 2.33. The van der Waals surface area contributed by atoms with Gasteiger partial charge in [0.05, 0.1) is 16.0 Å². The van der Waals surface area contributed by atoms with Gasteiger partial charge in [-0.05, 0) is 31.2 Å². The van der Waals surface area contributed by atoms with Gasteiger partial charge in [-0.1, -0.05) is 53.7 Å². The highest BCUT2D eigenvalue weighted by atomic mass is 35.5. The number of hydrogen-bond acceptors (Lipinski definition) is 4. The molecule has 4 nitrogen and oxygen atoms in total. The van der Waals surface area contributed by atoms with E-state index in [1.165, 1.54) is 19.1 Å². The first kappa shape index (κ1) is 22.0. The summed E-state index contributed by atoms with van der Waals surface area (Å²) in [5.74, 6) is -1.16. The number of aromatic nitrogens is 2. The summed E-state index contributed by atoms with van der Waals surface area (Å²) in [5, 5.41) is 1.34. The number of rotatable bonds is 5. The summed E-state index contributed by atoms with van der Waals surface area (Å²) in [6, 6.07) is 12.9. The molecule has 156 valence electrons. The molecule has 1 N–H and O–H groups in total. The van der Waals surface area contributed by atoms with Gasteiger partial charge in [0.15, 0.2) is 5.16 Å². The van der Waals surface area contributed by atoms with Crippen LogP contribution in [0.25, 0.3) is 11.3 Å². The van der Waals surface area contributed by atoms with Crippen molar-refractivity contribution in [2.45, 2.75) is 23.5 Å². The van der Waals surface area contributed by atoms with E-state index in [0.29, 0.717) is 5.56 Å². The monoisotopic (exact) mass is 455 g/mol. The number of halogens is 5. The summed E-state index contributed by atoms with van der Waals surface area (Å²) in [7, 11) is 0. The number of thioether (sulfide) groups is 1. The zero-order chi connectivity index (χ0) is 21.9. The number of hydrogen-bond donors (Lipinski definition) is 1. The van der Waals surface area contributed by atoms with Gasteiger partial charge in [0.25, 0.3) is 0 Å². The van der Waals surface area contributed by atoms with Crippen molar-refractivity contribution < 1.29 is 22.4 Å². The van der Waals surface area contributed by atoms with E-state index in [9.17, 15) is 22.4 Å². The van der Waals surface area contributed by atoms with Crippen LogP contribution in [0.2, 0.25) is 5.02 Å². The smallest absolute Gasteiger partial charge is 0.325 e. The topological polar surface area (TPSA) is 54.9 Å². The molecule has 1 amide bonds.